The predicted molar refractivity (Wildman–Crippen MR) is 139 cm³/mol. The fourth-order valence-corrected chi connectivity index (χ4v) is 5.80. The molecule has 0 radical (unpaired) electrons. The van der Waals surface area contributed by atoms with E-state index in [1.807, 2.05) is 6.92 Å². The molecule has 0 saturated carbocycles. The number of aliphatic hydroxyl groups excluding tert-OH is 1. The van der Waals surface area contributed by atoms with Crippen LogP contribution in [0.2, 0.25) is 0 Å². The van der Waals surface area contributed by atoms with Crippen LogP contribution in [-0.4, -0.2) is 62.3 Å². The molecule has 0 spiro atoms. The third-order valence-electron chi connectivity index (χ3n) is 5.04. The highest BCUT2D eigenvalue weighted by molar-refractivity contribution is 8.78. The van der Waals surface area contributed by atoms with Crippen molar-refractivity contribution in [1.29, 1.82) is 0 Å². The molecule has 1 unspecified atom stereocenters. The number of hydrogen-bond donors (Lipinski definition) is 3. The molecule has 190 valence electrons. The Kier molecular flexibility index (Phi) is 12.5. The van der Waals surface area contributed by atoms with Crippen LogP contribution in [0.15, 0.2) is 41.3 Å². The molecular weight excluding hydrogens is 488 g/mol. The molecule has 2 aromatic rings. The SMILES string of the molecule is C/C(=C(/CCO)SSCC1CCCO1)N(C=O)Cc1cnc(C)nc1N.NC(=O)c1cccnc1. The molecule has 5 N–H and O–H groups in total. The zero-order chi connectivity index (χ0) is 25.6. The second kappa shape index (κ2) is 15.4. The van der Waals surface area contributed by atoms with E-state index in [4.69, 9.17) is 16.2 Å². The molecule has 1 aliphatic rings. The van der Waals surface area contributed by atoms with Gasteiger partial charge in [-0.2, -0.15) is 0 Å². The number of rotatable bonds is 11. The first-order valence-corrected chi connectivity index (χ1v) is 13.4. The van der Waals surface area contributed by atoms with Crippen LogP contribution in [0.1, 0.15) is 47.9 Å². The van der Waals surface area contributed by atoms with Gasteiger partial charge in [-0.25, -0.2) is 9.97 Å². The molecule has 3 heterocycles. The summed E-state index contributed by atoms with van der Waals surface area (Å²) in [6.07, 6.45) is 8.46. The van der Waals surface area contributed by atoms with Crippen LogP contribution in [-0.2, 0) is 16.1 Å². The Morgan fingerprint density at radius 3 is 2.74 bits per heavy atom. The molecule has 3 rings (SSSR count). The minimum absolute atomic E-state index is 0.0304. The maximum Gasteiger partial charge on any atom is 0.250 e. The molecule has 0 aromatic carbocycles. The van der Waals surface area contributed by atoms with E-state index in [2.05, 4.69) is 15.0 Å². The van der Waals surface area contributed by atoms with Crippen molar-refractivity contribution in [1.82, 2.24) is 19.9 Å². The third-order valence-corrected chi connectivity index (χ3v) is 7.73. The Morgan fingerprint density at radius 2 is 2.20 bits per heavy atom. The number of hydrogen-bond acceptors (Lipinski definition) is 10. The second-order valence-corrected chi connectivity index (χ2v) is 10.1. The van der Waals surface area contributed by atoms with Crippen LogP contribution in [0.3, 0.4) is 0 Å². The van der Waals surface area contributed by atoms with E-state index in [-0.39, 0.29) is 6.61 Å². The maximum atomic E-state index is 11.6. The van der Waals surface area contributed by atoms with Gasteiger partial charge in [-0.05, 0) is 38.8 Å². The molecule has 35 heavy (non-hydrogen) atoms. The zero-order valence-corrected chi connectivity index (χ0v) is 21.6. The van der Waals surface area contributed by atoms with Gasteiger partial charge in [0.1, 0.15) is 11.6 Å². The number of nitrogens with zero attached hydrogens (tertiary/aromatic N) is 4. The Bertz CT molecular complexity index is 987. The largest absolute Gasteiger partial charge is 0.396 e. The fourth-order valence-electron chi connectivity index (χ4n) is 3.06. The predicted octanol–water partition coefficient (Wildman–Crippen LogP) is 2.68. The first-order chi connectivity index (χ1) is 16.8. The second-order valence-electron chi connectivity index (χ2n) is 7.65. The van der Waals surface area contributed by atoms with Crippen molar-refractivity contribution in [2.45, 2.75) is 45.8 Å². The molecular formula is C23H32N6O4S2. The van der Waals surface area contributed by atoms with Crippen molar-refractivity contribution in [2.75, 3.05) is 24.7 Å². The van der Waals surface area contributed by atoms with Crippen molar-refractivity contribution >= 4 is 39.7 Å². The minimum Gasteiger partial charge on any atom is -0.396 e. The Labute approximate surface area is 213 Å². The van der Waals surface area contributed by atoms with Gasteiger partial charge in [0.25, 0.3) is 0 Å². The number of carbonyl (C=O) groups is 2. The average molecular weight is 521 g/mol. The number of anilines is 1. The fraction of sp³-hybridized carbons (Fsp3) is 0.435. The number of nitrogen functional groups attached to an aromatic ring is 1. The van der Waals surface area contributed by atoms with Gasteiger partial charge < -0.3 is 26.2 Å². The lowest BCUT2D eigenvalue weighted by Crippen LogP contribution is -2.22. The molecule has 1 atom stereocenters. The number of aliphatic hydroxyl groups is 1. The number of primary amides is 1. The van der Waals surface area contributed by atoms with Crippen LogP contribution in [0.5, 0.6) is 0 Å². The van der Waals surface area contributed by atoms with Gasteiger partial charge in [0.2, 0.25) is 12.3 Å². The Balaban J connectivity index is 0.000000402. The summed E-state index contributed by atoms with van der Waals surface area (Å²) < 4.78 is 5.63. The number of ether oxygens (including phenoxy) is 1. The summed E-state index contributed by atoms with van der Waals surface area (Å²) in [6, 6.07) is 3.29. The third kappa shape index (κ3) is 9.84. The van der Waals surface area contributed by atoms with Crippen LogP contribution in [0, 0.1) is 6.92 Å². The van der Waals surface area contributed by atoms with E-state index in [0.717, 1.165) is 42.2 Å². The first kappa shape index (κ1) is 28.6. The van der Waals surface area contributed by atoms with E-state index in [9.17, 15) is 14.7 Å². The van der Waals surface area contributed by atoms with Gasteiger partial charge >= 0.3 is 0 Å². The Hall–Kier alpha value is -2.67. The van der Waals surface area contributed by atoms with Crippen LogP contribution >= 0.6 is 21.6 Å². The van der Waals surface area contributed by atoms with E-state index < -0.39 is 5.91 Å². The van der Waals surface area contributed by atoms with Gasteiger partial charge in [-0.3, -0.25) is 14.6 Å². The van der Waals surface area contributed by atoms with Crippen molar-refractivity contribution in [3.63, 3.8) is 0 Å². The van der Waals surface area contributed by atoms with Gasteiger partial charge in [0.15, 0.2) is 0 Å². The number of aromatic nitrogens is 3. The highest BCUT2D eigenvalue weighted by Crippen LogP contribution is 2.37. The van der Waals surface area contributed by atoms with Crippen LogP contribution in [0.25, 0.3) is 0 Å². The average Bonchev–Trinajstić information content (AvgIpc) is 3.37. The molecule has 0 aliphatic carbocycles. The summed E-state index contributed by atoms with van der Waals surface area (Å²) in [7, 11) is 3.29. The lowest BCUT2D eigenvalue weighted by Gasteiger charge is -2.22. The Morgan fingerprint density at radius 1 is 1.40 bits per heavy atom. The molecule has 1 fully saturated rings. The van der Waals surface area contributed by atoms with Crippen LogP contribution < -0.4 is 11.5 Å². The number of nitrogens with two attached hydrogens (primary N) is 2. The van der Waals surface area contributed by atoms with E-state index >= 15 is 0 Å². The van der Waals surface area contributed by atoms with E-state index in [1.54, 1.807) is 57.9 Å². The monoisotopic (exact) mass is 520 g/mol. The highest BCUT2D eigenvalue weighted by Gasteiger charge is 2.18. The lowest BCUT2D eigenvalue weighted by molar-refractivity contribution is -0.116. The normalized spacial score (nSPS) is 15.6. The standard InChI is InChI=1S/C17H26N4O3S2.C6H6N2O/c1-12(16(5-6-22)26-25-10-15-4-3-7-24-15)21(11-23)9-14-8-19-13(2)20-17(14)18;7-6(9)5-2-1-3-8-4-5/h8,11,15,22H,3-7,9-10H2,1-2H3,(H2,18,19,20);1-4H,(H2,7,9)/b16-12+;. The molecule has 1 aliphatic heterocycles. The van der Waals surface area contributed by atoms with Crippen molar-refractivity contribution in [3.05, 3.63) is 58.3 Å². The maximum absolute atomic E-state index is 11.6. The van der Waals surface area contributed by atoms with E-state index in [1.165, 1.54) is 6.20 Å². The van der Waals surface area contributed by atoms with Gasteiger partial charge in [0.05, 0.1) is 18.2 Å². The molecule has 0 bridgehead atoms. The molecule has 1 saturated heterocycles. The van der Waals surface area contributed by atoms with Gasteiger partial charge in [-0.15, -0.1) is 0 Å². The summed E-state index contributed by atoms with van der Waals surface area (Å²) in [5.41, 5.74) is 12.8. The van der Waals surface area contributed by atoms with Gasteiger partial charge in [0, 0.05) is 60.1 Å². The summed E-state index contributed by atoms with van der Waals surface area (Å²) >= 11 is 0. The minimum atomic E-state index is -0.442. The van der Waals surface area contributed by atoms with Crippen LogP contribution in [0.4, 0.5) is 5.82 Å². The highest BCUT2D eigenvalue weighted by atomic mass is 33.1. The molecule has 2 amide bonds. The molecule has 12 heteroatoms. The lowest BCUT2D eigenvalue weighted by atomic mass is 10.2. The smallest absolute Gasteiger partial charge is 0.250 e. The molecule has 10 nitrogen and oxygen atoms in total. The number of pyridine rings is 1. The summed E-state index contributed by atoms with van der Waals surface area (Å²) in [6.45, 7) is 4.82. The number of allylic oxidation sites excluding steroid dienone is 1. The summed E-state index contributed by atoms with van der Waals surface area (Å²) in [5.74, 6) is 1.43. The zero-order valence-electron chi connectivity index (χ0n) is 19.9. The summed E-state index contributed by atoms with van der Waals surface area (Å²) in [5, 5.41) is 9.39. The number of carbonyl (C=O) groups excluding carboxylic acids is 2. The topological polar surface area (TPSA) is 158 Å². The molecule has 2 aromatic heterocycles. The quantitative estimate of drug-likeness (QED) is 0.297. The van der Waals surface area contributed by atoms with Gasteiger partial charge in [-0.1, -0.05) is 21.6 Å². The number of amides is 2. The van der Waals surface area contributed by atoms with E-state index in [0.29, 0.717) is 41.8 Å². The van der Waals surface area contributed by atoms with Crippen molar-refractivity contribution < 1.29 is 19.4 Å². The summed E-state index contributed by atoms with van der Waals surface area (Å²) in [4.78, 5) is 36.6. The van der Waals surface area contributed by atoms with Crippen molar-refractivity contribution in [3.8, 4) is 0 Å². The van der Waals surface area contributed by atoms with Crippen molar-refractivity contribution in [2.24, 2.45) is 5.73 Å². The first-order valence-electron chi connectivity index (χ1n) is 11.1. The number of aryl methyl sites for hydroxylation is 1.